The minimum Gasteiger partial charge on any atom is -0.208 e. The van der Waals surface area contributed by atoms with Crippen LogP contribution in [0.4, 0.5) is 0 Å². The van der Waals surface area contributed by atoms with Crippen molar-refractivity contribution >= 4 is 32.3 Å². The zero-order chi connectivity index (χ0) is 38.1. The van der Waals surface area contributed by atoms with Crippen LogP contribution in [-0.4, -0.2) is 15.0 Å². The molecule has 0 spiro atoms. The van der Waals surface area contributed by atoms with Crippen molar-refractivity contribution in [3.8, 4) is 67.5 Å². The number of rotatable bonds is 5. The molecule has 3 nitrogen and oxygen atoms in total. The summed E-state index contributed by atoms with van der Waals surface area (Å²) in [5.41, 5.74) is 12.2. The molecule has 0 saturated carbocycles. The van der Waals surface area contributed by atoms with Crippen LogP contribution in [-0.2, 0) is 5.41 Å². The summed E-state index contributed by atoms with van der Waals surface area (Å²) in [6.45, 7) is 4.64. The van der Waals surface area contributed by atoms with Gasteiger partial charge < -0.3 is 0 Å². The third kappa shape index (κ3) is 5.38. The first-order valence-corrected chi connectivity index (χ1v) is 19.6. The van der Waals surface area contributed by atoms with Gasteiger partial charge in [-0.15, -0.1) is 0 Å². The van der Waals surface area contributed by atoms with E-state index in [1.807, 2.05) is 0 Å². The molecule has 1 aliphatic rings. The van der Waals surface area contributed by atoms with Crippen molar-refractivity contribution in [2.45, 2.75) is 19.3 Å². The lowest BCUT2D eigenvalue weighted by Gasteiger charge is -2.24. The number of hydrogen-bond donors (Lipinski definition) is 0. The lowest BCUT2D eigenvalue weighted by Crippen LogP contribution is -2.17. The maximum absolute atomic E-state index is 5.41. The fourth-order valence-electron chi connectivity index (χ4n) is 9.19. The molecule has 0 aliphatic heterocycles. The van der Waals surface area contributed by atoms with Gasteiger partial charge in [-0.05, 0) is 101 Å². The van der Waals surface area contributed by atoms with Gasteiger partial charge in [0, 0.05) is 22.1 Å². The lowest BCUT2D eigenvalue weighted by molar-refractivity contribution is 0.661. The Morgan fingerprint density at radius 2 is 0.754 bits per heavy atom. The fraction of sp³-hybridized carbons (Fsp3) is 0.0556. The predicted molar refractivity (Wildman–Crippen MR) is 237 cm³/mol. The Morgan fingerprint density at radius 1 is 0.298 bits per heavy atom. The number of aromatic nitrogens is 3. The average molecular weight is 728 g/mol. The molecule has 0 fully saturated rings. The summed E-state index contributed by atoms with van der Waals surface area (Å²) in [6.07, 6.45) is 0. The quantitative estimate of drug-likeness (QED) is 0.166. The van der Waals surface area contributed by atoms with E-state index in [-0.39, 0.29) is 5.41 Å². The highest BCUT2D eigenvalue weighted by molar-refractivity contribution is 6.25. The first-order chi connectivity index (χ1) is 28.0. The highest BCUT2D eigenvalue weighted by atomic mass is 15.0. The third-order valence-corrected chi connectivity index (χ3v) is 11.9. The second-order valence-corrected chi connectivity index (χ2v) is 15.6. The van der Waals surface area contributed by atoms with E-state index in [9.17, 15) is 0 Å². The molecule has 0 saturated heterocycles. The maximum Gasteiger partial charge on any atom is 0.164 e. The zero-order valence-corrected chi connectivity index (χ0v) is 31.7. The summed E-state index contributed by atoms with van der Waals surface area (Å²) in [6, 6.07) is 67.3. The summed E-state index contributed by atoms with van der Waals surface area (Å²) in [7, 11) is 0. The van der Waals surface area contributed by atoms with Crippen molar-refractivity contribution in [2.24, 2.45) is 0 Å². The first kappa shape index (κ1) is 33.1. The molecule has 9 aromatic carbocycles. The van der Waals surface area contributed by atoms with Crippen LogP contribution >= 0.6 is 0 Å². The van der Waals surface area contributed by atoms with E-state index in [0.717, 1.165) is 38.9 Å². The average Bonchev–Trinajstić information content (AvgIpc) is 3.52. The van der Waals surface area contributed by atoms with Gasteiger partial charge in [-0.25, -0.2) is 15.0 Å². The van der Waals surface area contributed by atoms with E-state index in [0.29, 0.717) is 17.5 Å². The Kier molecular flexibility index (Phi) is 7.52. The van der Waals surface area contributed by atoms with E-state index in [2.05, 4.69) is 202 Å². The van der Waals surface area contributed by atoms with E-state index in [4.69, 9.17) is 15.0 Å². The number of fused-ring (bicyclic) bond motifs is 9. The van der Waals surface area contributed by atoms with Crippen molar-refractivity contribution in [2.75, 3.05) is 0 Å². The van der Waals surface area contributed by atoms with Gasteiger partial charge in [0.15, 0.2) is 17.5 Å². The SMILES string of the molecule is CC1(C)c2ccccc2-c2cccc(-c3nc(-c4cc(-c5ccccc5)cc(-c5ccccc5)c4)nc(-c4ccc5c6ccccc6c6ccccc6c5c4)n3)c21. The topological polar surface area (TPSA) is 38.7 Å². The molecular weight excluding hydrogens is 691 g/mol. The molecule has 57 heavy (non-hydrogen) atoms. The van der Waals surface area contributed by atoms with Gasteiger partial charge in [-0.3, -0.25) is 0 Å². The summed E-state index contributed by atoms with van der Waals surface area (Å²) in [4.78, 5) is 16.2. The molecule has 1 aliphatic carbocycles. The van der Waals surface area contributed by atoms with E-state index in [1.54, 1.807) is 0 Å². The first-order valence-electron chi connectivity index (χ1n) is 19.6. The van der Waals surface area contributed by atoms with Gasteiger partial charge in [-0.1, -0.05) is 178 Å². The van der Waals surface area contributed by atoms with Crippen molar-refractivity contribution in [3.05, 3.63) is 199 Å². The van der Waals surface area contributed by atoms with Crippen LogP contribution in [0.1, 0.15) is 25.0 Å². The Morgan fingerprint density at radius 3 is 1.39 bits per heavy atom. The van der Waals surface area contributed by atoms with Crippen LogP contribution in [0.25, 0.3) is 99.9 Å². The summed E-state index contributed by atoms with van der Waals surface area (Å²) >= 11 is 0. The lowest BCUT2D eigenvalue weighted by atomic mass is 9.80. The Bertz CT molecular complexity index is 3110. The molecular formula is C54H37N3. The van der Waals surface area contributed by atoms with Crippen LogP contribution in [0.3, 0.4) is 0 Å². The molecule has 1 aromatic heterocycles. The van der Waals surface area contributed by atoms with E-state index < -0.39 is 0 Å². The molecule has 268 valence electrons. The normalized spacial score (nSPS) is 12.9. The number of benzene rings is 9. The summed E-state index contributed by atoms with van der Waals surface area (Å²) in [5.74, 6) is 1.95. The van der Waals surface area contributed by atoms with E-state index >= 15 is 0 Å². The molecule has 0 amide bonds. The monoisotopic (exact) mass is 727 g/mol. The zero-order valence-electron chi connectivity index (χ0n) is 31.7. The summed E-state index contributed by atoms with van der Waals surface area (Å²) < 4.78 is 0. The second-order valence-electron chi connectivity index (χ2n) is 15.6. The maximum atomic E-state index is 5.41. The second kappa shape index (κ2) is 12.9. The molecule has 0 N–H and O–H groups in total. The molecule has 10 aromatic rings. The minimum atomic E-state index is -0.244. The van der Waals surface area contributed by atoms with Gasteiger partial charge in [0.25, 0.3) is 0 Å². The Balaban J connectivity index is 1.19. The van der Waals surface area contributed by atoms with Crippen LogP contribution in [0.5, 0.6) is 0 Å². The third-order valence-electron chi connectivity index (χ3n) is 11.9. The molecule has 3 heteroatoms. The Labute approximate surface area is 332 Å². The number of hydrogen-bond acceptors (Lipinski definition) is 3. The van der Waals surface area contributed by atoms with Gasteiger partial charge >= 0.3 is 0 Å². The van der Waals surface area contributed by atoms with E-state index in [1.165, 1.54) is 54.6 Å². The van der Waals surface area contributed by atoms with Crippen molar-refractivity contribution < 1.29 is 0 Å². The van der Waals surface area contributed by atoms with Crippen LogP contribution in [0, 0.1) is 0 Å². The highest BCUT2D eigenvalue weighted by Gasteiger charge is 2.38. The van der Waals surface area contributed by atoms with Gasteiger partial charge in [0.1, 0.15) is 0 Å². The predicted octanol–water partition coefficient (Wildman–Crippen LogP) is 14.0. The highest BCUT2D eigenvalue weighted by Crippen LogP contribution is 2.52. The molecule has 0 bridgehead atoms. The molecule has 1 heterocycles. The molecule has 0 unspecified atom stereocenters. The summed E-state index contributed by atoms with van der Waals surface area (Å²) in [5, 5.41) is 7.34. The molecule has 0 radical (unpaired) electrons. The van der Waals surface area contributed by atoms with Gasteiger partial charge in [0.2, 0.25) is 0 Å². The number of nitrogens with zero attached hydrogens (tertiary/aromatic N) is 3. The van der Waals surface area contributed by atoms with Crippen molar-refractivity contribution in [1.29, 1.82) is 0 Å². The standard InChI is InChI=1S/C54H37N3/c1-54(2)49-27-14-13-24-45(49)46-25-15-26-47(50(46)54)53-56-51(36-28-29-44-42-22-10-9-20-40(42)41-21-11-12-23-43(41)48(44)33-36)55-52(57-53)39-31-37(34-16-5-3-6-17-34)30-38(32-39)35-18-7-4-8-19-35/h3-33H,1-2H3. The molecule has 0 atom stereocenters. The van der Waals surface area contributed by atoms with Crippen LogP contribution in [0.15, 0.2) is 188 Å². The largest absolute Gasteiger partial charge is 0.208 e. The fourth-order valence-corrected chi connectivity index (χ4v) is 9.19. The van der Waals surface area contributed by atoms with Crippen LogP contribution < -0.4 is 0 Å². The Hall–Kier alpha value is -7.23. The smallest absolute Gasteiger partial charge is 0.164 e. The van der Waals surface area contributed by atoms with Gasteiger partial charge in [0.05, 0.1) is 0 Å². The van der Waals surface area contributed by atoms with Crippen LogP contribution in [0.2, 0.25) is 0 Å². The minimum absolute atomic E-state index is 0.244. The van der Waals surface area contributed by atoms with Crippen molar-refractivity contribution in [3.63, 3.8) is 0 Å². The van der Waals surface area contributed by atoms with Gasteiger partial charge in [-0.2, -0.15) is 0 Å². The molecule has 11 rings (SSSR count). The van der Waals surface area contributed by atoms with Crippen molar-refractivity contribution in [1.82, 2.24) is 15.0 Å².